The Kier molecular flexibility index (Phi) is 8.18. The van der Waals surface area contributed by atoms with Crippen LogP contribution in [0, 0.1) is 6.92 Å². The van der Waals surface area contributed by atoms with Gasteiger partial charge in [-0.25, -0.2) is 4.98 Å². The number of aromatic amines is 1. The van der Waals surface area contributed by atoms with Gasteiger partial charge in [-0.1, -0.05) is 29.8 Å². The van der Waals surface area contributed by atoms with Gasteiger partial charge < -0.3 is 25.8 Å². The average molecular weight is 585 g/mol. The summed E-state index contributed by atoms with van der Waals surface area (Å²) in [4.78, 5) is 36.5. The third-order valence-electron chi connectivity index (χ3n) is 7.00. The zero-order valence-electron chi connectivity index (χ0n) is 22.2. The summed E-state index contributed by atoms with van der Waals surface area (Å²) in [6.45, 7) is 5.32. The molecule has 4 aromatic rings. The topological polar surface area (TPSA) is 102 Å². The normalized spacial score (nSPS) is 13.9. The molecule has 1 fully saturated rings. The van der Waals surface area contributed by atoms with Crippen molar-refractivity contribution >= 4 is 51.8 Å². The van der Waals surface area contributed by atoms with E-state index in [-0.39, 0.29) is 11.3 Å². The Hall–Kier alpha value is -4.09. The number of imidazole rings is 1. The van der Waals surface area contributed by atoms with E-state index in [9.17, 15) is 22.8 Å². The number of amides is 2. The number of carbonyl (C=O) groups excluding carboxylic acids is 2. The average Bonchev–Trinajstić information content (AvgIpc) is 3.60. The minimum atomic E-state index is -4.71. The zero-order chi connectivity index (χ0) is 29.1. The van der Waals surface area contributed by atoms with Gasteiger partial charge in [0.2, 0.25) is 5.95 Å². The van der Waals surface area contributed by atoms with E-state index in [1.54, 1.807) is 25.1 Å². The van der Waals surface area contributed by atoms with Gasteiger partial charge in [0.05, 0.1) is 22.2 Å². The molecule has 3 aromatic carbocycles. The lowest BCUT2D eigenvalue weighted by atomic mass is 10.1. The second-order valence-electron chi connectivity index (χ2n) is 9.84. The highest BCUT2D eigenvalue weighted by molar-refractivity contribution is 6.31. The number of rotatable bonds is 8. The van der Waals surface area contributed by atoms with Crippen LogP contribution in [0.3, 0.4) is 0 Å². The van der Waals surface area contributed by atoms with Crippen LogP contribution in [-0.2, 0) is 6.18 Å². The third-order valence-corrected chi connectivity index (χ3v) is 7.41. The first-order chi connectivity index (χ1) is 19.6. The first kappa shape index (κ1) is 28.4. The second kappa shape index (κ2) is 11.8. The van der Waals surface area contributed by atoms with Crippen molar-refractivity contribution in [1.29, 1.82) is 0 Å². The lowest BCUT2D eigenvalue weighted by Crippen LogP contribution is -2.26. The number of halogens is 4. The number of fused-ring (bicyclic) bond motifs is 1. The Balaban J connectivity index is 1.47. The molecule has 1 aromatic heterocycles. The molecule has 0 spiro atoms. The number of nitrogens with one attached hydrogen (secondary N) is 4. The van der Waals surface area contributed by atoms with Crippen LogP contribution in [0.25, 0.3) is 11.0 Å². The van der Waals surface area contributed by atoms with Crippen LogP contribution in [0.2, 0.25) is 5.02 Å². The Morgan fingerprint density at radius 3 is 2.49 bits per heavy atom. The summed E-state index contributed by atoms with van der Waals surface area (Å²) in [6.07, 6.45) is -2.36. The molecule has 0 unspecified atom stereocenters. The van der Waals surface area contributed by atoms with Crippen LogP contribution < -0.4 is 16.0 Å². The summed E-state index contributed by atoms with van der Waals surface area (Å²) >= 11 is 6.21. The van der Waals surface area contributed by atoms with Gasteiger partial charge in [-0.15, -0.1) is 0 Å². The standard InChI is InChI=1S/C29H28ClF3N6O2/c1-17-22(30)9-6-10-23(17)36-27(41)20-15-18(35-26(40)19-7-2-3-8-21(19)29(31,32)33)16-24-25(20)38-28(37-24)34-11-14-39-12-4-5-13-39/h2-3,6-10,15-16H,4-5,11-14H2,1H3,(H,35,40)(H,36,41)(H2,34,37,38). The van der Waals surface area contributed by atoms with E-state index in [0.29, 0.717) is 39.8 Å². The molecule has 0 bridgehead atoms. The van der Waals surface area contributed by atoms with Crippen LogP contribution in [0.5, 0.6) is 0 Å². The summed E-state index contributed by atoms with van der Waals surface area (Å²) < 4.78 is 40.6. The van der Waals surface area contributed by atoms with Gasteiger partial charge in [0.1, 0.15) is 5.52 Å². The van der Waals surface area contributed by atoms with Crippen molar-refractivity contribution in [3.8, 4) is 0 Å². The maximum atomic E-state index is 13.5. The number of hydrogen-bond donors (Lipinski definition) is 4. The molecular weight excluding hydrogens is 557 g/mol. The van der Waals surface area contributed by atoms with Crippen molar-refractivity contribution in [1.82, 2.24) is 14.9 Å². The van der Waals surface area contributed by atoms with Crippen molar-refractivity contribution in [2.45, 2.75) is 25.9 Å². The predicted molar refractivity (Wildman–Crippen MR) is 154 cm³/mol. The van der Waals surface area contributed by atoms with Gasteiger partial charge >= 0.3 is 6.18 Å². The Morgan fingerprint density at radius 2 is 1.73 bits per heavy atom. The number of hydrogen-bond acceptors (Lipinski definition) is 5. The van der Waals surface area contributed by atoms with Crippen LogP contribution in [0.4, 0.5) is 30.5 Å². The summed E-state index contributed by atoms with van der Waals surface area (Å²) in [5, 5.41) is 9.05. The largest absolute Gasteiger partial charge is 0.417 e. The predicted octanol–water partition coefficient (Wildman–Crippen LogP) is 6.56. The van der Waals surface area contributed by atoms with Gasteiger partial charge in [-0.2, -0.15) is 13.2 Å². The van der Waals surface area contributed by atoms with Crippen LogP contribution in [0.15, 0.2) is 54.6 Å². The lowest BCUT2D eigenvalue weighted by molar-refractivity contribution is -0.137. The van der Waals surface area contributed by atoms with Crippen molar-refractivity contribution in [3.05, 3.63) is 81.9 Å². The van der Waals surface area contributed by atoms with E-state index in [0.717, 1.165) is 31.8 Å². The molecule has 214 valence electrons. The molecular formula is C29H28ClF3N6O2. The minimum absolute atomic E-state index is 0.116. The smallest absolute Gasteiger partial charge is 0.355 e. The fourth-order valence-corrected chi connectivity index (χ4v) is 5.02. The minimum Gasteiger partial charge on any atom is -0.355 e. The van der Waals surface area contributed by atoms with E-state index in [2.05, 4.69) is 30.8 Å². The number of carbonyl (C=O) groups is 2. The molecule has 1 aliphatic heterocycles. The van der Waals surface area contributed by atoms with Gasteiger partial charge in [0.15, 0.2) is 0 Å². The van der Waals surface area contributed by atoms with Crippen molar-refractivity contribution in [3.63, 3.8) is 0 Å². The maximum Gasteiger partial charge on any atom is 0.417 e. The highest BCUT2D eigenvalue weighted by atomic mass is 35.5. The van der Waals surface area contributed by atoms with E-state index in [1.165, 1.54) is 37.1 Å². The van der Waals surface area contributed by atoms with Crippen molar-refractivity contribution in [2.24, 2.45) is 0 Å². The molecule has 0 aliphatic carbocycles. The first-order valence-electron chi connectivity index (χ1n) is 13.1. The first-order valence-corrected chi connectivity index (χ1v) is 13.5. The molecule has 5 rings (SSSR count). The SMILES string of the molecule is Cc1c(Cl)cccc1NC(=O)c1cc(NC(=O)c2ccccc2C(F)(F)F)cc2[nH]c(NCCN3CCCC3)nc12. The molecule has 4 N–H and O–H groups in total. The molecule has 0 radical (unpaired) electrons. The highest BCUT2D eigenvalue weighted by Gasteiger charge is 2.35. The molecule has 2 amide bonds. The summed E-state index contributed by atoms with van der Waals surface area (Å²) in [5.74, 6) is -1.06. The molecule has 41 heavy (non-hydrogen) atoms. The van der Waals surface area contributed by atoms with Gasteiger partial charge in [-0.05, 0) is 74.8 Å². The summed E-state index contributed by atoms with van der Waals surface area (Å²) in [5.41, 5.74) is 0.559. The Morgan fingerprint density at radius 1 is 1.00 bits per heavy atom. The van der Waals surface area contributed by atoms with Gasteiger partial charge in [0, 0.05) is 29.5 Å². The van der Waals surface area contributed by atoms with Crippen molar-refractivity contribution in [2.75, 3.05) is 42.1 Å². The monoisotopic (exact) mass is 584 g/mol. The number of aromatic nitrogens is 2. The molecule has 12 heteroatoms. The fourth-order valence-electron chi connectivity index (χ4n) is 4.84. The van der Waals surface area contributed by atoms with E-state index >= 15 is 0 Å². The number of anilines is 3. The molecule has 2 heterocycles. The maximum absolute atomic E-state index is 13.5. The quantitative estimate of drug-likeness (QED) is 0.188. The lowest BCUT2D eigenvalue weighted by Gasteiger charge is -2.14. The second-order valence-corrected chi connectivity index (χ2v) is 10.3. The number of alkyl halides is 3. The number of H-pyrrole nitrogens is 1. The van der Waals surface area contributed by atoms with Crippen LogP contribution in [0.1, 0.15) is 44.7 Å². The summed E-state index contributed by atoms with van der Waals surface area (Å²) in [6, 6.07) is 12.5. The summed E-state index contributed by atoms with van der Waals surface area (Å²) in [7, 11) is 0. The van der Waals surface area contributed by atoms with Crippen molar-refractivity contribution < 1.29 is 22.8 Å². The van der Waals surface area contributed by atoms with E-state index in [1.807, 2.05) is 0 Å². The Labute approximate surface area is 239 Å². The number of likely N-dealkylation sites (tertiary alicyclic amines) is 1. The van der Waals surface area contributed by atoms with Crippen LogP contribution in [-0.4, -0.2) is 52.9 Å². The fraction of sp³-hybridized carbons (Fsp3) is 0.276. The highest BCUT2D eigenvalue weighted by Crippen LogP contribution is 2.33. The van der Waals surface area contributed by atoms with E-state index in [4.69, 9.17) is 11.6 Å². The van der Waals surface area contributed by atoms with E-state index < -0.39 is 29.1 Å². The van der Waals surface area contributed by atoms with Gasteiger partial charge in [0.25, 0.3) is 11.8 Å². The number of nitrogens with zero attached hydrogens (tertiary/aromatic N) is 2. The number of benzene rings is 3. The van der Waals surface area contributed by atoms with Gasteiger partial charge in [-0.3, -0.25) is 9.59 Å². The molecule has 1 aliphatic rings. The molecule has 8 nitrogen and oxygen atoms in total. The Bertz CT molecular complexity index is 1600. The molecule has 1 saturated heterocycles. The third kappa shape index (κ3) is 6.47. The van der Waals surface area contributed by atoms with Crippen LogP contribution >= 0.6 is 11.6 Å². The molecule has 0 atom stereocenters. The zero-order valence-corrected chi connectivity index (χ0v) is 22.9. The molecule has 0 saturated carbocycles.